The molecular weight excluding hydrogens is 466 g/mol. The molecule has 0 saturated carbocycles. The summed E-state index contributed by atoms with van der Waals surface area (Å²) in [6.45, 7) is 1.46. The van der Waals surface area contributed by atoms with E-state index in [0.717, 1.165) is 22.1 Å². The quantitative estimate of drug-likeness (QED) is 0.245. The Balaban J connectivity index is 1.32. The van der Waals surface area contributed by atoms with Gasteiger partial charge >= 0.3 is 0 Å². The topological polar surface area (TPSA) is 105 Å². The molecule has 3 N–H and O–H groups in total. The first-order valence-corrected chi connectivity index (χ1v) is 11.6. The maximum absolute atomic E-state index is 12.9. The van der Waals surface area contributed by atoms with E-state index in [9.17, 15) is 9.59 Å². The fraction of sp³-hybridized carbons (Fsp3) is 0.0345. The standard InChI is InChI=1S/C29H23N5O3/c1-19(35)31-22-10-6-11-23(18-22)33-29-30-16-15-27(34-29)37-24-13-14-25-20(17-24)7-5-12-26(25)28(36)32-21-8-3-2-4-9-21/h2-18H,1H3,(H,31,35)(H,32,36)(H,30,33,34). The predicted molar refractivity (Wildman–Crippen MR) is 144 cm³/mol. The number of ether oxygens (including phenoxy) is 1. The van der Waals surface area contributed by atoms with Crippen LogP contribution in [0.15, 0.2) is 103 Å². The number of anilines is 4. The van der Waals surface area contributed by atoms with Gasteiger partial charge in [0.05, 0.1) is 0 Å². The fourth-order valence-corrected chi connectivity index (χ4v) is 3.83. The van der Waals surface area contributed by atoms with Crippen molar-refractivity contribution in [2.45, 2.75) is 6.92 Å². The number of carbonyl (C=O) groups excluding carboxylic acids is 2. The summed E-state index contributed by atoms with van der Waals surface area (Å²) in [5, 5.41) is 10.5. The van der Waals surface area contributed by atoms with Gasteiger partial charge in [-0.25, -0.2) is 4.98 Å². The number of nitrogens with one attached hydrogen (secondary N) is 3. The highest BCUT2D eigenvalue weighted by atomic mass is 16.5. The highest BCUT2D eigenvalue weighted by Crippen LogP contribution is 2.28. The molecule has 8 heteroatoms. The summed E-state index contributed by atoms with van der Waals surface area (Å²) < 4.78 is 5.99. The molecule has 182 valence electrons. The monoisotopic (exact) mass is 489 g/mol. The van der Waals surface area contributed by atoms with Gasteiger partial charge in [0.1, 0.15) is 5.75 Å². The van der Waals surface area contributed by atoms with E-state index in [1.54, 1.807) is 36.5 Å². The van der Waals surface area contributed by atoms with E-state index >= 15 is 0 Å². The van der Waals surface area contributed by atoms with Crippen LogP contribution in [0.1, 0.15) is 17.3 Å². The second kappa shape index (κ2) is 10.6. The molecule has 1 aromatic heterocycles. The van der Waals surface area contributed by atoms with Crippen molar-refractivity contribution in [1.29, 1.82) is 0 Å². The van der Waals surface area contributed by atoms with E-state index in [1.807, 2.05) is 66.7 Å². The van der Waals surface area contributed by atoms with Crippen LogP contribution in [0, 0.1) is 0 Å². The number of hydrogen-bond donors (Lipinski definition) is 3. The first-order valence-electron chi connectivity index (χ1n) is 11.6. The summed E-state index contributed by atoms with van der Waals surface area (Å²) in [6.07, 6.45) is 1.59. The van der Waals surface area contributed by atoms with Gasteiger partial charge in [0.15, 0.2) is 0 Å². The number of hydrogen-bond acceptors (Lipinski definition) is 6. The van der Waals surface area contributed by atoms with Crippen LogP contribution < -0.4 is 20.7 Å². The summed E-state index contributed by atoms with van der Waals surface area (Å²) in [6, 6.07) is 29.3. The van der Waals surface area contributed by atoms with E-state index in [-0.39, 0.29) is 11.8 Å². The minimum Gasteiger partial charge on any atom is -0.439 e. The lowest BCUT2D eigenvalue weighted by Crippen LogP contribution is -2.12. The number of fused-ring (bicyclic) bond motifs is 1. The number of nitrogens with zero attached hydrogens (tertiary/aromatic N) is 2. The minimum absolute atomic E-state index is 0.150. The highest BCUT2D eigenvalue weighted by molar-refractivity contribution is 6.13. The molecule has 2 amide bonds. The molecule has 0 fully saturated rings. The maximum atomic E-state index is 12.9. The molecule has 0 aliphatic heterocycles. The van der Waals surface area contributed by atoms with Crippen molar-refractivity contribution in [2.75, 3.05) is 16.0 Å². The van der Waals surface area contributed by atoms with Crippen molar-refractivity contribution in [1.82, 2.24) is 9.97 Å². The zero-order valence-corrected chi connectivity index (χ0v) is 19.9. The largest absolute Gasteiger partial charge is 0.439 e. The average Bonchev–Trinajstić information content (AvgIpc) is 2.89. The first kappa shape index (κ1) is 23.5. The van der Waals surface area contributed by atoms with Crippen LogP contribution >= 0.6 is 0 Å². The lowest BCUT2D eigenvalue weighted by molar-refractivity contribution is -0.114. The number of benzene rings is 4. The second-order valence-corrected chi connectivity index (χ2v) is 8.22. The van der Waals surface area contributed by atoms with Crippen LogP contribution in [0.3, 0.4) is 0 Å². The zero-order valence-electron chi connectivity index (χ0n) is 19.9. The zero-order chi connectivity index (χ0) is 25.6. The van der Waals surface area contributed by atoms with Crippen LogP contribution in [-0.2, 0) is 4.79 Å². The van der Waals surface area contributed by atoms with E-state index in [1.165, 1.54) is 6.92 Å². The summed E-state index contributed by atoms with van der Waals surface area (Å²) >= 11 is 0. The molecule has 1 heterocycles. The van der Waals surface area contributed by atoms with Crippen molar-refractivity contribution in [2.24, 2.45) is 0 Å². The smallest absolute Gasteiger partial charge is 0.256 e. The molecule has 0 spiro atoms. The van der Waals surface area contributed by atoms with Crippen LogP contribution in [-0.4, -0.2) is 21.8 Å². The van der Waals surface area contributed by atoms with Gasteiger partial charge < -0.3 is 20.7 Å². The molecule has 0 bridgehead atoms. The number of carbonyl (C=O) groups is 2. The third-order valence-electron chi connectivity index (χ3n) is 5.42. The molecule has 0 aliphatic rings. The van der Waals surface area contributed by atoms with E-state index in [0.29, 0.717) is 28.8 Å². The number of amides is 2. The molecule has 0 atom stereocenters. The Kier molecular flexibility index (Phi) is 6.72. The van der Waals surface area contributed by atoms with Crippen molar-refractivity contribution in [3.63, 3.8) is 0 Å². The lowest BCUT2D eigenvalue weighted by atomic mass is 10.0. The SMILES string of the molecule is CC(=O)Nc1cccc(Nc2nccc(Oc3ccc4c(C(=O)Nc5ccccc5)cccc4c3)n2)c1. The van der Waals surface area contributed by atoms with Gasteiger partial charge in [0, 0.05) is 41.8 Å². The van der Waals surface area contributed by atoms with Gasteiger partial charge in [0.25, 0.3) is 5.91 Å². The summed E-state index contributed by atoms with van der Waals surface area (Å²) in [5.74, 6) is 0.944. The molecule has 8 nitrogen and oxygen atoms in total. The Bertz CT molecular complexity index is 1590. The summed E-state index contributed by atoms with van der Waals surface area (Å²) in [4.78, 5) is 32.9. The Morgan fingerprint density at radius 2 is 1.54 bits per heavy atom. The van der Waals surface area contributed by atoms with Gasteiger partial charge in [-0.15, -0.1) is 0 Å². The lowest BCUT2D eigenvalue weighted by Gasteiger charge is -2.11. The van der Waals surface area contributed by atoms with E-state index < -0.39 is 0 Å². The number of rotatable bonds is 7. The molecule has 4 aromatic carbocycles. The molecule has 5 rings (SSSR count). The average molecular weight is 490 g/mol. The van der Waals surface area contributed by atoms with Crippen molar-refractivity contribution >= 4 is 45.6 Å². The van der Waals surface area contributed by atoms with Crippen molar-refractivity contribution in [3.8, 4) is 11.6 Å². The summed E-state index contributed by atoms with van der Waals surface area (Å²) in [5.41, 5.74) is 2.69. The Morgan fingerprint density at radius 1 is 0.757 bits per heavy atom. The first-order chi connectivity index (χ1) is 18.0. The van der Waals surface area contributed by atoms with Crippen molar-refractivity contribution in [3.05, 3.63) is 109 Å². The Labute approximate surface area is 213 Å². The molecule has 37 heavy (non-hydrogen) atoms. The van der Waals surface area contributed by atoms with E-state index in [2.05, 4.69) is 25.9 Å². The van der Waals surface area contributed by atoms with Gasteiger partial charge in [-0.2, -0.15) is 4.98 Å². The molecular formula is C29H23N5O3. The van der Waals surface area contributed by atoms with Gasteiger partial charge in [-0.1, -0.05) is 36.4 Å². The Hall–Kier alpha value is -5.24. The highest BCUT2D eigenvalue weighted by Gasteiger charge is 2.12. The normalized spacial score (nSPS) is 10.5. The number of aromatic nitrogens is 2. The van der Waals surface area contributed by atoms with Crippen LogP contribution in [0.2, 0.25) is 0 Å². The molecule has 0 saturated heterocycles. The molecule has 0 aliphatic carbocycles. The van der Waals surface area contributed by atoms with Crippen LogP contribution in [0.25, 0.3) is 10.8 Å². The van der Waals surface area contributed by atoms with Crippen LogP contribution in [0.5, 0.6) is 11.6 Å². The summed E-state index contributed by atoms with van der Waals surface area (Å²) in [7, 11) is 0. The molecule has 0 radical (unpaired) electrons. The van der Waals surface area contributed by atoms with Crippen LogP contribution in [0.4, 0.5) is 23.0 Å². The molecule has 5 aromatic rings. The van der Waals surface area contributed by atoms with Gasteiger partial charge in [-0.05, 0) is 65.4 Å². The molecule has 0 unspecified atom stereocenters. The third-order valence-corrected chi connectivity index (χ3v) is 5.42. The third kappa shape index (κ3) is 5.88. The maximum Gasteiger partial charge on any atom is 0.256 e. The van der Waals surface area contributed by atoms with E-state index in [4.69, 9.17) is 4.74 Å². The fourth-order valence-electron chi connectivity index (χ4n) is 3.83. The minimum atomic E-state index is -0.181. The predicted octanol–water partition coefficient (Wildman–Crippen LogP) is 6.38. The number of para-hydroxylation sites is 1. The Morgan fingerprint density at radius 3 is 2.38 bits per heavy atom. The second-order valence-electron chi connectivity index (χ2n) is 8.22. The van der Waals surface area contributed by atoms with Gasteiger partial charge in [0.2, 0.25) is 17.7 Å². The van der Waals surface area contributed by atoms with Gasteiger partial charge in [-0.3, -0.25) is 9.59 Å². The van der Waals surface area contributed by atoms with Crippen molar-refractivity contribution < 1.29 is 14.3 Å².